The number of thiophene rings is 1. The average molecular weight is 1330 g/mol. The van der Waals surface area contributed by atoms with Gasteiger partial charge in [-0.1, -0.05) is 231 Å². The molecule has 3 aliphatic heterocycles. The third-order valence-electron chi connectivity index (χ3n) is 8.31. The normalized spacial score (nSPS) is 8.95. The van der Waals surface area contributed by atoms with Crippen LogP contribution in [-0.2, 0) is 6.42 Å². The highest BCUT2D eigenvalue weighted by Gasteiger charge is 2.10. The van der Waals surface area contributed by atoms with E-state index >= 15 is 0 Å². The van der Waals surface area contributed by atoms with E-state index in [1.807, 2.05) is 297 Å². The number of ether oxygens (including phenoxy) is 3. The number of rotatable bonds is 0. The van der Waals surface area contributed by atoms with Crippen molar-refractivity contribution in [1.82, 2.24) is 60.8 Å². The number of aromatic nitrogens is 12. The summed E-state index contributed by atoms with van der Waals surface area (Å²) in [5.41, 5.74) is 3.91. The minimum Gasteiger partial charge on any atom is -0.493 e. The molecule has 15 rings (SSSR count). The van der Waals surface area contributed by atoms with Crippen molar-refractivity contribution in [2.24, 2.45) is 20.7 Å². The largest absolute Gasteiger partial charge is 0.493 e. The fourth-order valence-corrected chi connectivity index (χ4v) is 5.59. The third-order valence-corrected chi connectivity index (χ3v) is 8.94. The zero-order valence-corrected chi connectivity index (χ0v) is 61.9. The topological polar surface area (TPSA) is 267 Å². The Balaban J connectivity index is -0.000000175. The summed E-state index contributed by atoms with van der Waals surface area (Å²) < 4.78 is 25.0. The summed E-state index contributed by atoms with van der Waals surface area (Å²) in [5, 5.41) is 41.1. The highest BCUT2D eigenvalue weighted by atomic mass is 32.1. The Morgan fingerprint density at radius 2 is 0.905 bits per heavy atom. The van der Waals surface area contributed by atoms with Crippen LogP contribution < -0.4 is 14.2 Å². The Labute approximate surface area is 574 Å². The van der Waals surface area contributed by atoms with Gasteiger partial charge in [0, 0.05) is 61.4 Å². The number of nitrogens with one attached hydrogen (secondary N) is 3. The molecule has 0 radical (unpaired) electrons. The lowest BCUT2D eigenvalue weighted by atomic mass is 10.2. The Morgan fingerprint density at radius 1 is 0.400 bits per heavy atom. The number of imidazole rings is 1. The summed E-state index contributed by atoms with van der Waals surface area (Å²) in [6.45, 7) is 45.6. The molecule has 21 nitrogen and oxygen atoms in total. The molecule has 0 spiro atoms. The highest BCUT2D eigenvalue weighted by Crippen LogP contribution is 2.30. The van der Waals surface area contributed by atoms with E-state index in [1.165, 1.54) is 11.9 Å². The van der Waals surface area contributed by atoms with Gasteiger partial charge in [0.25, 0.3) is 0 Å². The number of hydrogen-bond donors (Lipinski definition) is 3. The van der Waals surface area contributed by atoms with Gasteiger partial charge in [0.05, 0.1) is 31.6 Å². The second-order valence-corrected chi connectivity index (χ2v) is 14.1. The van der Waals surface area contributed by atoms with Crippen molar-refractivity contribution >= 4 is 33.3 Å². The van der Waals surface area contributed by atoms with Crippen LogP contribution in [0.5, 0.6) is 17.2 Å². The predicted octanol–water partition coefficient (Wildman–Crippen LogP) is 22.7. The molecule has 0 unspecified atom stereocenters. The third kappa shape index (κ3) is 62.5. The lowest BCUT2D eigenvalue weighted by molar-refractivity contribution is 0.174. The fourth-order valence-electron chi connectivity index (χ4n) is 5.13. The number of H-pyrrole nitrogens is 3. The van der Waals surface area contributed by atoms with E-state index in [9.17, 15) is 0 Å². The van der Waals surface area contributed by atoms with Crippen LogP contribution in [0.1, 0.15) is 158 Å². The molecule has 524 valence electrons. The van der Waals surface area contributed by atoms with Crippen LogP contribution in [0, 0.1) is 0 Å². The van der Waals surface area contributed by atoms with Gasteiger partial charge in [-0.15, -0.1) is 10.2 Å². The first-order valence-corrected chi connectivity index (χ1v) is 33.9. The van der Waals surface area contributed by atoms with E-state index < -0.39 is 0 Å². The van der Waals surface area contributed by atoms with Crippen LogP contribution in [-0.4, -0.2) is 80.9 Å². The van der Waals surface area contributed by atoms with Crippen molar-refractivity contribution in [3.63, 3.8) is 0 Å². The zero-order valence-electron chi connectivity index (χ0n) is 61.1. The average Bonchev–Trinajstić information content (AvgIpc) is 2.24. The van der Waals surface area contributed by atoms with Gasteiger partial charge in [-0.05, 0) is 104 Å². The molecular formula is C73H116N16O5S. The van der Waals surface area contributed by atoms with E-state index in [4.69, 9.17) is 18.6 Å². The van der Waals surface area contributed by atoms with Crippen LogP contribution in [0.25, 0.3) is 22.0 Å². The summed E-state index contributed by atoms with van der Waals surface area (Å²) in [7, 11) is 0. The molecule has 0 aliphatic carbocycles. The number of fused-ring (bicyclic) bond motifs is 4. The monoisotopic (exact) mass is 1330 g/mol. The molecule has 95 heavy (non-hydrogen) atoms. The molecule has 0 saturated heterocycles. The summed E-state index contributed by atoms with van der Waals surface area (Å²) >= 11 is 1.71. The van der Waals surface area contributed by atoms with E-state index in [2.05, 4.69) is 92.2 Å². The summed E-state index contributed by atoms with van der Waals surface area (Å²) in [6.07, 6.45) is 22.9. The van der Waals surface area contributed by atoms with E-state index in [-0.39, 0.29) is 0 Å². The molecule has 3 N–H and O–H groups in total. The van der Waals surface area contributed by atoms with E-state index in [0.29, 0.717) is 13.5 Å². The van der Waals surface area contributed by atoms with Gasteiger partial charge in [0.15, 0.2) is 18.2 Å². The number of nitrogens with zero attached hydrogens (tertiary/aromatic N) is 13. The molecule has 11 heterocycles. The summed E-state index contributed by atoms with van der Waals surface area (Å²) in [6, 6.07) is 46.6. The molecule has 0 fully saturated rings. The van der Waals surface area contributed by atoms with Gasteiger partial charge in [0.2, 0.25) is 6.79 Å². The molecule has 3 aliphatic rings. The van der Waals surface area contributed by atoms with Gasteiger partial charge in [0.1, 0.15) is 28.7 Å². The molecule has 0 bridgehead atoms. The van der Waals surface area contributed by atoms with Crippen molar-refractivity contribution < 1.29 is 23.3 Å². The predicted molar refractivity (Wildman–Crippen MR) is 400 cm³/mol. The molecule has 0 atom stereocenters. The number of pyridine rings is 1. The molecule has 4 aromatic carbocycles. The maximum atomic E-state index is 5.30. The van der Waals surface area contributed by atoms with Gasteiger partial charge >= 0.3 is 0 Å². The summed E-state index contributed by atoms with van der Waals surface area (Å²) in [5.74, 6) is 2.76. The SMILES string of the molecule is C1N=NN=N1.CC.CC.CC.CC.CC.CC.CC.CC.CC.CC.CC.c1c[nH]cn1.c1ccc2c(c1)CCO2.c1ccc2c(c1)OCO2.c1ccc2nonc2c1.c1ccc2occc2c1.c1ccncc1.c1ccsc1.c1cn[nH]c1.c1cn[nH]n1.c1cncnc1. The number of furan rings is 1. The van der Waals surface area contributed by atoms with Crippen LogP contribution in [0.15, 0.2) is 267 Å². The van der Waals surface area contributed by atoms with Crippen molar-refractivity contribution in [3.05, 3.63) is 243 Å². The van der Waals surface area contributed by atoms with Crippen LogP contribution >= 0.6 is 11.3 Å². The van der Waals surface area contributed by atoms with Gasteiger partial charge < -0.3 is 23.6 Å². The zero-order chi connectivity index (χ0) is 72.6. The van der Waals surface area contributed by atoms with Crippen molar-refractivity contribution in [3.8, 4) is 17.2 Å². The van der Waals surface area contributed by atoms with Crippen molar-refractivity contribution in [2.45, 2.75) is 159 Å². The van der Waals surface area contributed by atoms with Crippen LogP contribution in [0.2, 0.25) is 0 Å². The van der Waals surface area contributed by atoms with E-state index in [1.54, 1.807) is 92.0 Å². The number of aromatic amines is 3. The Bertz CT molecular complexity index is 2610. The Kier molecular flexibility index (Phi) is 96.0. The molecule has 0 saturated carbocycles. The Morgan fingerprint density at radius 3 is 1.24 bits per heavy atom. The minimum atomic E-state index is 0.360. The maximum Gasteiger partial charge on any atom is 0.231 e. The first-order valence-electron chi connectivity index (χ1n) is 32.9. The number of benzene rings is 4. The van der Waals surface area contributed by atoms with Gasteiger partial charge in [-0.25, -0.2) is 19.6 Å². The molecule has 22 heteroatoms. The molecule has 12 aromatic rings. The smallest absolute Gasteiger partial charge is 0.231 e. The maximum absolute atomic E-state index is 5.30. The number of hydrogen-bond acceptors (Lipinski definition) is 19. The van der Waals surface area contributed by atoms with Crippen LogP contribution in [0.4, 0.5) is 0 Å². The molecular weight excluding hydrogens is 1210 g/mol. The lowest BCUT2D eigenvalue weighted by Crippen LogP contribution is -1.92. The molecule has 8 aromatic heterocycles. The van der Waals surface area contributed by atoms with E-state index in [0.717, 1.165) is 52.3 Å². The lowest BCUT2D eigenvalue weighted by Gasteiger charge is -1.93. The quantitative estimate of drug-likeness (QED) is 0.127. The van der Waals surface area contributed by atoms with Gasteiger partial charge in [-0.3, -0.25) is 10.1 Å². The number of para-hydroxylation sites is 4. The second-order valence-electron chi connectivity index (χ2n) is 13.3. The van der Waals surface area contributed by atoms with Crippen molar-refractivity contribution in [2.75, 3.05) is 20.1 Å². The first kappa shape index (κ1) is 98.5. The van der Waals surface area contributed by atoms with Crippen LogP contribution in [0.3, 0.4) is 0 Å². The Hall–Kier alpha value is -10.1. The minimum absolute atomic E-state index is 0.360. The molecule has 0 amide bonds. The van der Waals surface area contributed by atoms with Gasteiger partial charge in [-0.2, -0.15) is 31.8 Å². The highest BCUT2D eigenvalue weighted by molar-refractivity contribution is 7.07. The first-order chi connectivity index (χ1) is 47.4. The van der Waals surface area contributed by atoms with Crippen molar-refractivity contribution in [1.29, 1.82) is 0 Å². The second kappa shape index (κ2) is 92.6. The summed E-state index contributed by atoms with van der Waals surface area (Å²) in [4.78, 5) is 17.5. The fraction of sp³-hybridized carbons (Fsp3) is 0.356. The standard InChI is InChI=1S/C8H8O.C8H6O.C7H6O2.C6H4N2O.C5H5N.C4H4N2.C4H4S.2C3H4N2.C2H3N3.11C2H6.CH2N4/c2*1-2-4-8-7(3-1)5-6-9-8;1-2-4-7-6(3-1)8-5-9-7;1-2-4-6-5(3-1)7-9-8-6;1-2-4-6-5-3-1;1-2-5-4-6-3-1;1-2-4-5-3-1;1-2-5-3-4-1;2*1-2-4-5-3-1;11*1-2;1-2-4-5-3-1/h1-4H,5-6H2;1-6H;1-4H,5H2;1-4H;1-5H;1-4H;1-4H;2*1-3H,(H,4,5);1-2H,(H,3,4,5);11*1-2H3;1H2.